The monoisotopic (exact) mass is 423 g/mol. The van der Waals surface area contributed by atoms with Crippen LogP contribution < -0.4 is 4.74 Å². The Bertz CT molecular complexity index is 723. The molecule has 1 saturated heterocycles. The third-order valence-corrected chi connectivity index (χ3v) is 4.79. The van der Waals surface area contributed by atoms with Crippen molar-refractivity contribution in [2.45, 2.75) is 12.5 Å². The predicted octanol–water partition coefficient (Wildman–Crippen LogP) is 4.47. The van der Waals surface area contributed by atoms with Crippen molar-refractivity contribution in [3.05, 3.63) is 63.6 Å². The molecule has 0 spiro atoms. The molecule has 1 aliphatic rings. The molecule has 1 heterocycles. The lowest BCUT2D eigenvalue weighted by Crippen LogP contribution is -2.42. The van der Waals surface area contributed by atoms with Crippen molar-refractivity contribution in [1.29, 1.82) is 0 Å². The Morgan fingerprint density at radius 1 is 1.28 bits per heavy atom. The number of morpholine rings is 1. The highest BCUT2D eigenvalue weighted by Gasteiger charge is 2.25. The van der Waals surface area contributed by atoms with Crippen LogP contribution in [-0.2, 0) is 9.53 Å². The first-order valence-corrected chi connectivity index (χ1v) is 9.32. The highest BCUT2D eigenvalue weighted by atomic mass is 79.9. The normalized spacial score (nSPS) is 17.4. The van der Waals surface area contributed by atoms with Gasteiger partial charge in [0.05, 0.1) is 26.2 Å². The average Bonchev–Trinajstić information content (AvgIpc) is 2.62. The summed E-state index contributed by atoms with van der Waals surface area (Å²) >= 11 is 9.33. The summed E-state index contributed by atoms with van der Waals surface area (Å²) in [6.07, 6.45) is 0.237. The van der Waals surface area contributed by atoms with Gasteiger partial charge in [0.1, 0.15) is 11.9 Å². The minimum absolute atomic E-state index is 0.0808. The van der Waals surface area contributed by atoms with Crippen LogP contribution in [0.15, 0.2) is 53.0 Å². The Kier molecular flexibility index (Phi) is 6.34. The number of carbonyl (C=O) groups is 1. The van der Waals surface area contributed by atoms with Crippen molar-refractivity contribution in [2.24, 2.45) is 0 Å². The van der Waals surface area contributed by atoms with Crippen molar-refractivity contribution in [2.75, 3.05) is 26.3 Å². The maximum absolute atomic E-state index is 12.4. The Morgan fingerprint density at radius 2 is 2.08 bits per heavy atom. The summed E-state index contributed by atoms with van der Waals surface area (Å²) in [5, 5.41) is 0.692. The molecule has 0 aliphatic carbocycles. The van der Waals surface area contributed by atoms with Gasteiger partial charge < -0.3 is 14.4 Å². The van der Waals surface area contributed by atoms with E-state index in [9.17, 15) is 4.79 Å². The van der Waals surface area contributed by atoms with Crippen LogP contribution in [0.3, 0.4) is 0 Å². The first-order valence-electron chi connectivity index (χ1n) is 8.15. The van der Waals surface area contributed by atoms with E-state index >= 15 is 0 Å². The molecule has 0 radical (unpaired) electrons. The van der Waals surface area contributed by atoms with Gasteiger partial charge in [-0.1, -0.05) is 45.7 Å². The molecule has 2 aromatic carbocycles. The number of amides is 1. The second kappa shape index (κ2) is 8.70. The maximum atomic E-state index is 12.4. The molecule has 0 bridgehead atoms. The fraction of sp³-hybridized carbons (Fsp3) is 0.316. The number of carbonyl (C=O) groups excluding carboxylic acids is 1. The highest BCUT2D eigenvalue weighted by Crippen LogP contribution is 2.24. The highest BCUT2D eigenvalue weighted by molar-refractivity contribution is 9.10. The molecule has 1 unspecified atom stereocenters. The van der Waals surface area contributed by atoms with Crippen molar-refractivity contribution < 1.29 is 14.3 Å². The summed E-state index contributed by atoms with van der Waals surface area (Å²) in [7, 11) is 0. The van der Waals surface area contributed by atoms with Gasteiger partial charge in [0, 0.05) is 16.0 Å². The number of hydrogen-bond acceptors (Lipinski definition) is 3. The van der Waals surface area contributed by atoms with E-state index in [1.54, 1.807) is 0 Å². The lowest BCUT2D eigenvalue weighted by molar-refractivity contribution is -0.139. The number of halogens is 2. The molecule has 1 aliphatic heterocycles. The molecule has 6 heteroatoms. The average molecular weight is 425 g/mol. The second-order valence-electron chi connectivity index (χ2n) is 5.81. The van der Waals surface area contributed by atoms with Gasteiger partial charge in [-0.2, -0.15) is 0 Å². The van der Waals surface area contributed by atoms with Crippen LogP contribution >= 0.6 is 27.5 Å². The molecule has 3 rings (SSSR count). The van der Waals surface area contributed by atoms with Gasteiger partial charge in [-0.15, -0.1) is 0 Å². The molecular weight excluding hydrogens is 406 g/mol. The number of rotatable bonds is 5. The summed E-state index contributed by atoms with van der Waals surface area (Å²) < 4.78 is 12.4. The summed E-state index contributed by atoms with van der Waals surface area (Å²) in [6.45, 7) is 2.06. The first-order chi connectivity index (χ1) is 12.1. The lowest BCUT2D eigenvalue weighted by Gasteiger charge is -2.33. The van der Waals surface area contributed by atoms with Gasteiger partial charge in [0.2, 0.25) is 5.91 Å². The maximum Gasteiger partial charge on any atom is 0.226 e. The van der Waals surface area contributed by atoms with E-state index < -0.39 is 0 Å². The number of hydrogen-bond donors (Lipinski definition) is 0. The van der Waals surface area contributed by atoms with Crippen LogP contribution in [0, 0.1) is 0 Å². The lowest BCUT2D eigenvalue weighted by atomic mass is 10.1. The third kappa shape index (κ3) is 5.21. The first kappa shape index (κ1) is 18.2. The van der Waals surface area contributed by atoms with Crippen LogP contribution in [-0.4, -0.2) is 37.1 Å². The van der Waals surface area contributed by atoms with Crippen LogP contribution in [0.5, 0.6) is 5.75 Å². The minimum atomic E-state index is -0.110. The van der Waals surface area contributed by atoms with Crippen LogP contribution in [0.1, 0.15) is 18.1 Å². The molecule has 4 nitrogen and oxygen atoms in total. The topological polar surface area (TPSA) is 38.8 Å². The molecule has 1 amide bonds. The second-order valence-corrected chi connectivity index (χ2v) is 7.16. The van der Waals surface area contributed by atoms with Crippen LogP contribution in [0.4, 0.5) is 0 Å². The van der Waals surface area contributed by atoms with E-state index in [-0.39, 0.29) is 12.0 Å². The minimum Gasteiger partial charge on any atom is -0.493 e. The van der Waals surface area contributed by atoms with Crippen molar-refractivity contribution in [3.8, 4) is 5.75 Å². The molecule has 0 aromatic heterocycles. The molecule has 0 saturated carbocycles. The molecule has 2 aromatic rings. The van der Waals surface area contributed by atoms with E-state index in [4.69, 9.17) is 21.1 Å². The van der Waals surface area contributed by atoms with E-state index in [2.05, 4.69) is 15.9 Å². The van der Waals surface area contributed by atoms with Gasteiger partial charge in [0.15, 0.2) is 0 Å². The Balaban J connectivity index is 1.50. The zero-order chi connectivity index (χ0) is 17.6. The predicted molar refractivity (Wildman–Crippen MR) is 101 cm³/mol. The van der Waals surface area contributed by atoms with Gasteiger partial charge >= 0.3 is 0 Å². The van der Waals surface area contributed by atoms with Gasteiger partial charge in [-0.25, -0.2) is 0 Å². The molecule has 1 atom stereocenters. The standard InChI is InChI=1S/C19H19BrClNO3/c20-15-2-1-3-17(12-15)24-10-8-19(23)22-9-11-25-18(13-22)14-4-6-16(21)7-5-14/h1-7,12,18H,8-11,13H2. The summed E-state index contributed by atoms with van der Waals surface area (Å²) in [5.74, 6) is 0.834. The fourth-order valence-corrected chi connectivity index (χ4v) is 3.23. The summed E-state index contributed by atoms with van der Waals surface area (Å²) in [5.41, 5.74) is 1.03. The van der Waals surface area contributed by atoms with Gasteiger partial charge in [0.25, 0.3) is 0 Å². The zero-order valence-electron chi connectivity index (χ0n) is 13.7. The van der Waals surface area contributed by atoms with Crippen molar-refractivity contribution >= 4 is 33.4 Å². The van der Waals surface area contributed by atoms with Crippen LogP contribution in [0.25, 0.3) is 0 Å². The fourth-order valence-electron chi connectivity index (χ4n) is 2.73. The number of nitrogens with zero attached hydrogens (tertiary/aromatic N) is 1. The van der Waals surface area contributed by atoms with E-state index in [1.165, 1.54) is 0 Å². The molecule has 0 N–H and O–H groups in total. The molecular formula is C19H19BrClNO3. The third-order valence-electron chi connectivity index (χ3n) is 4.04. The Labute approximate surface area is 160 Å². The number of benzene rings is 2. The van der Waals surface area contributed by atoms with Gasteiger partial charge in [-0.05, 0) is 35.9 Å². The van der Waals surface area contributed by atoms with Crippen LogP contribution in [0.2, 0.25) is 5.02 Å². The molecule has 132 valence electrons. The number of ether oxygens (including phenoxy) is 2. The summed E-state index contributed by atoms with van der Waals surface area (Å²) in [6, 6.07) is 15.2. The van der Waals surface area contributed by atoms with Crippen molar-refractivity contribution in [1.82, 2.24) is 4.90 Å². The van der Waals surface area contributed by atoms with E-state index in [1.807, 2.05) is 53.4 Å². The Hall–Kier alpha value is -1.56. The summed E-state index contributed by atoms with van der Waals surface area (Å²) in [4.78, 5) is 14.3. The quantitative estimate of drug-likeness (QED) is 0.711. The molecule has 1 fully saturated rings. The largest absolute Gasteiger partial charge is 0.493 e. The van der Waals surface area contributed by atoms with Crippen molar-refractivity contribution in [3.63, 3.8) is 0 Å². The SMILES string of the molecule is O=C(CCOc1cccc(Br)c1)N1CCOC(c2ccc(Cl)cc2)C1. The molecule has 25 heavy (non-hydrogen) atoms. The smallest absolute Gasteiger partial charge is 0.226 e. The van der Waals surface area contributed by atoms with E-state index in [0.717, 1.165) is 15.8 Å². The van der Waals surface area contributed by atoms with E-state index in [0.29, 0.717) is 37.7 Å². The zero-order valence-corrected chi connectivity index (χ0v) is 16.0. The van der Waals surface area contributed by atoms with Gasteiger partial charge in [-0.3, -0.25) is 4.79 Å². The Morgan fingerprint density at radius 3 is 2.84 bits per heavy atom.